The van der Waals surface area contributed by atoms with Crippen LogP contribution in [0.3, 0.4) is 0 Å². The van der Waals surface area contributed by atoms with E-state index in [1.54, 1.807) is 0 Å². The summed E-state index contributed by atoms with van der Waals surface area (Å²) in [4.78, 5) is 0. The van der Waals surface area contributed by atoms with Crippen molar-refractivity contribution >= 4 is 0 Å². The second kappa shape index (κ2) is 5.93. The molecule has 0 amide bonds. The number of aryl methyl sites for hydroxylation is 2. The van der Waals surface area contributed by atoms with Crippen molar-refractivity contribution in [2.75, 3.05) is 0 Å². The molecule has 0 radical (unpaired) electrons. The summed E-state index contributed by atoms with van der Waals surface area (Å²) in [5, 5.41) is 0. The van der Waals surface area contributed by atoms with E-state index in [0.717, 1.165) is 0 Å². The summed E-state index contributed by atoms with van der Waals surface area (Å²) in [6.07, 6.45) is 0. The fraction of sp³-hybridized carbons (Fsp3) is 0.250. The van der Waals surface area contributed by atoms with Crippen LogP contribution in [0.1, 0.15) is 11.1 Å². The Morgan fingerprint density at radius 1 is 0.700 bits per heavy atom. The summed E-state index contributed by atoms with van der Waals surface area (Å²) in [6.45, 7) is 4.19. The lowest BCUT2D eigenvalue weighted by atomic mass is 10.2. The van der Waals surface area contributed by atoms with Gasteiger partial charge in [-0.3, -0.25) is 0 Å². The predicted octanol–water partition coefficient (Wildman–Crippen LogP) is -3.69. The Labute approximate surface area is 83.2 Å². The summed E-state index contributed by atoms with van der Waals surface area (Å²) >= 11 is 0. The van der Waals surface area contributed by atoms with Gasteiger partial charge in [0.15, 0.2) is 0 Å². The highest BCUT2D eigenvalue weighted by Crippen LogP contribution is 1.99. The van der Waals surface area contributed by atoms with Crippen LogP contribution in [0.2, 0.25) is 0 Å². The summed E-state index contributed by atoms with van der Waals surface area (Å²) in [5.74, 6) is 0. The van der Waals surface area contributed by atoms with Crippen LogP contribution in [0, 0.1) is 13.8 Å². The lowest BCUT2D eigenvalue weighted by molar-refractivity contribution is -0.00100. The van der Waals surface area contributed by atoms with Gasteiger partial charge in [0.2, 0.25) is 0 Å². The number of hydrogen-bond donors (Lipinski definition) is 0. The average Bonchev–Trinajstić information content (AvgIpc) is 1.77. The third-order valence-electron chi connectivity index (χ3n) is 1.22. The highest BCUT2D eigenvalue weighted by molar-refractivity contribution is 5.19. The van der Waals surface area contributed by atoms with Crippen molar-refractivity contribution in [3.8, 4) is 0 Å². The molecule has 0 bridgehead atoms. The molecule has 0 aliphatic carbocycles. The second-order valence-corrected chi connectivity index (χ2v) is 2.15. The Kier molecular flexibility index (Phi) is 7.60. The maximum atomic E-state index is 2.12. The summed E-state index contributed by atoms with van der Waals surface area (Å²) < 4.78 is 0. The molecule has 0 nitrogen and oxygen atoms in total. The van der Waals surface area contributed by atoms with Gasteiger partial charge in [0.25, 0.3) is 0 Å². The Morgan fingerprint density at radius 2 is 0.900 bits per heavy atom. The third-order valence-corrected chi connectivity index (χ3v) is 1.22. The van der Waals surface area contributed by atoms with Gasteiger partial charge in [0.05, 0.1) is 0 Å². The molecule has 0 N–H and O–H groups in total. The minimum Gasteiger partial charge on any atom is -1.00 e. The Hall–Kier alpha value is 0.180. The van der Waals surface area contributed by atoms with Crippen LogP contribution in [0.25, 0.3) is 0 Å². The zero-order chi connectivity index (χ0) is 5.98. The standard InChI is InChI=1S/C8H10.2BrH/c1-7-3-5-8(2)6-4-7;;/h3-6H,1-2H3;2*1H/p-2. The molecule has 0 unspecified atom stereocenters. The molecule has 0 aliphatic rings. The summed E-state index contributed by atoms with van der Waals surface area (Å²) in [6, 6.07) is 8.48. The largest absolute Gasteiger partial charge is 1.00 e. The van der Waals surface area contributed by atoms with Crippen molar-refractivity contribution in [2.24, 2.45) is 0 Å². The van der Waals surface area contributed by atoms with Gasteiger partial charge >= 0.3 is 0 Å². The highest BCUT2D eigenvalue weighted by atomic mass is 79.9. The molecule has 0 atom stereocenters. The van der Waals surface area contributed by atoms with Crippen molar-refractivity contribution in [1.82, 2.24) is 0 Å². The van der Waals surface area contributed by atoms with E-state index in [9.17, 15) is 0 Å². The molecular weight excluding hydrogens is 256 g/mol. The number of benzene rings is 1. The maximum Gasteiger partial charge on any atom is -0.0398 e. The molecular formula is C8H10Br2-2. The zero-order valence-electron chi connectivity index (χ0n) is 6.07. The Morgan fingerprint density at radius 3 is 1.10 bits per heavy atom. The van der Waals surface area contributed by atoms with E-state index in [4.69, 9.17) is 0 Å². The fourth-order valence-electron chi connectivity index (χ4n) is 0.637. The summed E-state index contributed by atoms with van der Waals surface area (Å²) in [5.41, 5.74) is 2.66. The first-order valence-corrected chi connectivity index (χ1v) is 2.82. The molecule has 0 spiro atoms. The molecule has 0 heterocycles. The van der Waals surface area contributed by atoms with Crippen molar-refractivity contribution < 1.29 is 34.0 Å². The van der Waals surface area contributed by atoms with E-state index in [0.29, 0.717) is 0 Å². The molecule has 2 heteroatoms. The monoisotopic (exact) mass is 264 g/mol. The van der Waals surface area contributed by atoms with Crippen LogP contribution >= 0.6 is 0 Å². The molecule has 58 valence electrons. The van der Waals surface area contributed by atoms with Gasteiger partial charge in [-0.1, -0.05) is 35.4 Å². The SMILES string of the molecule is Cc1ccc(C)cc1.[Br-].[Br-]. The van der Waals surface area contributed by atoms with Crippen LogP contribution in [-0.4, -0.2) is 0 Å². The van der Waals surface area contributed by atoms with Gasteiger partial charge in [-0.05, 0) is 13.8 Å². The quantitative estimate of drug-likeness (QED) is 0.453. The lowest BCUT2D eigenvalue weighted by Crippen LogP contribution is -3.00. The Bertz CT molecular complexity index is 146. The number of halogens is 2. The average molecular weight is 266 g/mol. The molecule has 1 rings (SSSR count). The second-order valence-electron chi connectivity index (χ2n) is 2.15. The van der Waals surface area contributed by atoms with Crippen LogP contribution in [0.15, 0.2) is 24.3 Å². The lowest BCUT2D eigenvalue weighted by Gasteiger charge is -1.90. The molecule has 10 heavy (non-hydrogen) atoms. The fourth-order valence-corrected chi connectivity index (χ4v) is 0.637. The Balaban J connectivity index is 0. The normalized spacial score (nSPS) is 7.40. The molecule has 0 aromatic heterocycles. The first-order valence-electron chi connectivity index (χ1n) is 2.82. The minimum atomic E-state index is 0. The van der Waals surface area contributed by atoms with Gasteiger partial charge in [-0.15, -0.1) is 0 Å². The van der Waals surface area contributed by atoms with Crippen molar-refractivity contribution in [2.45, 2.75) is 13.8 Å². The number of hydrogen-bond acceptors (Lipinski definition) is 0. The molecule has 0 saturated carbocycles. The van der Waals surface area contributed by atoms with Gasteiger partial charge in [-0.25, -0.2) is 0 Å². The van der Waals surface area contributed by atoms with E-state index >= 15 is 0 Å². The molecule has 1 aromatic rings. The van der Waals surface area contributed by atoms with E-state index in [1.165, 1.54) is 11.1 Å². The highest BCUT2D eigenvalue weighted by Gasteiger charge is 1.79. The molecule has 0 aliphatic heterocycles. The van der Waals surface area contributed by atoms with Gasteiger partial charge in [0.1, 0.15) is 0 Å². The van der Waals surface area contributed by atoms with Crippen LogP contribution in [0.4, 0.5) is 0 Å². The molecule has 0 saturated heterocycles. The van der Waals surface area contributed by atoms with Gasteiger partial charge in [-0.2, -0.15) is 0 Å². The van der Waals surface area contributed by atoms with Crippen LogP contribution in [-0.2, 0) is 0 Å². The zero-order valence-corrected chi connectivity index (χ0v) is 9.24. The summed E-state index contributed by atoms with van der Waals surface area (Å²) in [7, 11) is 0. The van der Waals surface area contributed by atoms with Crippen LogP contribution in [0.5, 0.6) is 0 Å². The smallest absolute Gasteiger partial charge is 0.0398 e. The maximum absolute atomic E-state index is 2.12. The van der Waals surface area contributed by atoms with Gasteiger partial charge in [0, 0.05) is 0 Å². The van der Waals surface area contributed by atoms with Crippen molar-refractivity contribution in [1.29, 1.82) is 0 Å². The van der Waals surface area contributed by atoms with Crippen LogP contribution < -0.4 is 34.0 Å². The van der Waals surface area contributed by atoms with E-state index < -0.39 is 0 Å². The predicted molar refractivity (Wildman–Crippen MR) is 35.9 cm³/mol. The van der Waals surface area contributed by atoms with E-state index in [-0.39, 0.29) is 34.0 Å². The minimum absolute atomic E-state index is 0. The molecule has 0 fully saturated rings. The first kappa shape index (κ1) is 12.8. The van der Waals surface area contributed by atoms with E-state index in [1.807, 2.05) is 0 Å². The number of rotatable bonds is 0. The first-order chi connectivity index (χ1) is 3.79. The van der Waals surface area contributed by atoms with E-state index in [2.05, 4.69) is 38.1 Å². The topological polar surface area (TPSA) is 0 Å². The molecule has 1 aromatic carbocycles. The third kappa shape index (κ3) is 4.07. The van der Waals surface area contributed by atoms with Crippen molar-refractivity contribution in [3.63, 3.8) is 0 Å². The van der Waals surface area contributed by atoms with Gasteiger partial charge < -0.3 is 34.0 Å². The van der Waals surface area contributed by atoms with Crippen molar-refractivity contribution in [3.05, 3.63) is 35.4 Å².